The molecule has 0 aliphatic carbocycles. The fraction of sp³-hybridized carbons (Fsp3) is 0.421. The van der Waals surface area contributed by atoms with E-state index in [-0.39, 0.29) is 6.10 Å². The molecule has 0 amide bonds. The van der Waals surface area contributed by atoms with E-state index in [1.807, 2.05) is 36.4 Å². The number of rotatable bonds is 4. The van der Waals surface area contributed by atoms with Crippen molar-refractivity contribution >= 4 is 11.5 Å². The Labute approximate surface area is 147 Å². The summed E-state index contributed by atoms with van der Waals surface area (Å²) in [6.07, 6.45) is 4.07. The van der Waals surface area contributed by atoms with Crippen molar-refractivity contribution in [1.82, 2.24) is 9.88 Å². The van der Waals surface area contributed by atoms with Crippen LogP contribution in [0.3, 0.4) is 0 Å². The second kappa shape index (κ2) is 7.19. The summed E-state index contributed by atoms with van der Waals surface area (Å²) in [7, 11) is 0. The van der Waals surface area contributed by atoms with Gasteiger partial charge in [-0.1, -0.05) is 12.1 Å². The quantitative estimate of drug-likeness (QED) is 0.890. The van der Waals surface area contributed by atoms with Gasteiger partial charge in [-0.3, -0.25) is 4.90 Å². The highest BCUT2D eigenvalue weighted by Gasteiger charge is 2.26. The van der Waals surface area contributed by atoms with Gasteiger partial charge in [0.05, 0.1) is 5.69 Å². The molecule has 2 aliphatic rings. The number of ether oxygens (including phenoxy) is 2. The summed E-state index contributed by atoms with van der Waals surface area (Å²) in [5.41, 5.74) is 6.86. The molecule has 3 N–H and O–H groups in total. The van der Waals surface area contributed by atoms with Crippen LogP contribution < -0.4 is 20.5 Å². The topological polar surface area (TPSA) is 72.6 Å². The first kappa shape index (κ1) is 16.0. The van der Waals surface area contributed by atoms with E-state index in [0.29, 0.717) is 18.5 Å². The maximum atomic E-state index is 6.09. The first-order chi connectivity index (χ1) is 12.3. The maximum Gasteiger partial charge on any atom is 0.161 e. The molecule has 2 atom stereocenters. The zero-order valence-electron chi connectivity index (χ0n) is 14.2. The number of anilines is 2. The number of likely N-dealkylation sites (tertiary alicyclic amines) is 1. The third-order valence-corrected chi connectivity index (χ3v) is 4.73. The molecule has 4 rings (SSSR count). The number of para-hydroxylation sites is 2. The first-order valence-corrected chi connectivity index (χ1v) is 8.86. The van der Waals surface area contributed by atoms with Crippen molar-refractivity contribution in [3.05, 3.63) is 42.6 Å². The summed E-state index contributed by atoms with van der Waals surface area (Å²) < 4.78 is 11.9. The van der Waals surface area contributed by atoms with Gasteiger partial charge in [-0.05, 0) is 43.7 Å². The lowest BCUT2D eigenvalue weighted by Gasteiger charge is -2.36. The Morgan fingerprint density at radius 1 is 1.20 bits per heavy atom. The molecular weight excluding hydrogens is 316 g/mol. The van der Waals surface area contributed by atoms with Crippen molar-refractivity contribution in [3.63, 3.8) is 0 Å². The van der Waals surface area contributed by atoms with Crippen molar-refractivity contribution in [2.24, 2.45) is 0 Å². The molecule has 6 nitrogen and oxygen atoms in total. The Bertz CT molecular complexity index is 724. The van der Waals surface area contributed by atoms with Gasteiger partial charge >= 0.3 is 0 Å². The van der Waals surface area contributed by atoms with Crippen molar-refractivity contribution in [2.45, 2.75) is 25.0 Å². The number of piperidine rings is 1. The molecule has 1 aromatic carbocycles. The average molecular weight is 340 g/mol. The number of hydrogen-bond donors (Lipinski definition) is 2. The molecule has 1 saturated heterocycles. The van der Waals surface area contributed by atoms with E-state index in [9.17, 15) is 0 Å². The summed E-state index contributed by atoms with van der Waals surface area (Å²) in [5.74, 6) is 2.23. The lowest BCUT2D eigenvalue weighted by Crippen LogP contribution is -2.48. The van der Waals surface area contributed by atoms with E-state index in [2.05, 4.69) is 15.2 Å². The van der Waals surface area contributed by atoms with Crippen LogP contribution >= 0.6 is 0 Å². The summed E-state index contributed by atoms with van der Waals surface area (Å²) in [5, 5.41) is 3.53. The maximum absolute atomic E-state index is 6.09. The van der Waals surface area contributed by atoms with E-state index in [1.165, 1.54) is 0 Å². The number of aromatic nitrogens is 1. The Morgan fingerprint density at radius 3 is 2.96 bits per heavy atom. The van der Waals surface area contributed by atoms with Crippen LogP contribution in [-0.4, -0.2) is 48.3 Å². The monoisotopic (exact) mass is 340 g/mol. The minimum atomic E-state index is 0.0668. The van der Waals surface area contributed by atoms with E-state index < -0.39 is 0 Å². The van der Waals surface area contributed by atoms with Gasteiger partial charge < -0.3 is 20.5 Å². The molecule has 2 aromatic rings. The fourth-order valence-electron chi connectivity index (χ4n) is 3.54. The molecule has 1 aromatic heterocycles. The molecule has 3 heterocycles. The van der Waals surface area contributed by atoms with Crippen LogP contribution in [0, 0.1) is 0 Å². The van der Waals surface area contributed by atoms with E-state index in [4.69, 9.17) is 15.2 Å². The van der Waals surface area contributed by atoms with Crippen LogP contribution in [0.5, 0.6) is 11.5 Å². The van der Waals surface area contributed by atoms with Crippen LogP contribution in [0.15, 0.2) is 42.6 Å². The predicted octanol–water partition coefficient (Wildman–Crippen LogP) is 2.38. The molecule has 0 spiro atoms. The molecule has 132 valence electrons. The van der Waals surface area contributed by atoms with Crippen LogP contribution in [0.4, 0.5) is 11.5 Å². The van der Waals surface area contributed by atoms with Gasteiger partial charge in [0.2, 0.25) is 0 Å². The zero-order valence-corrected chi connectivity index (χ0v) is 14.2. The fourth-order valence-corrected chi connectivity index (χ4v) is 3.54. The number of hydrogen-bond acceptors (Lipinski definition) is 6. The van der Waals surface area contributed by atoms with Crippen molar-refractivity contribution in [3.8, 4) is 11.5 Å². The lowest BCUT2D eigenvalue weighted by atomic mass is 10.0. The highest BCUT2D eigenvalue weighted by molar-refractivity contribution is 5.61. The standard InChI is InChI=1S/C19H24N4O2/c20-19-16(6-3-9-21-19)22-14-5-4-10-23(11-14)12-15-13-24-17-7-1-2-8-18(17)25-15/h1-3,6-9,14-15,22H,4-5,10-13H2,(H2,20,21)/t14-,15-/m0/s1. The van der Waals surface area contributed by atoms with Crippen LogP contribution in [0.25, 0.3) is 0 Å². The smallest absolute Gasteiger partial charge is 0.161 e. The average Bonchev–Trinajstić information content (AvgIpc) is 2.64. The van der Waals surface area contributed by atoms with Gasteiger partial charge in [-0.25, -0.2) is 4.98 Å². The van der Waals surface area contributed by atoms with E-state index >= 15 is 0 Å². The number of nitrogen functional groups attached to an aromatic ring is 1. The Kier molecular flexibility index (Phi) is 4.61. The summed E-state index contributed by atoms with van der Waals surface area (Å²) >= 11 is 0. The SMILES string of the molecule is Nc1ncccc1N[C@H]1CCCN(C[C@H]2COc3ccccc3O2)C1. The van der Waals surface area contributed by atoms with E-state index in [1.54, 1.807) is 6.20 Å². The normalized spacial score (nSPS) is 23.2. The third-order valence-electron chi connectivity index (χ3n) is 4.73. The van der Waals surface area contributed by atoms with Crippen molar-refractivity contribution in [2.75, 3.05) is 37.3 Å². The number of nitrogens with two attached hydrogens (primary N) is 1. The second-order valence-corrected chi connectivity index (χ2v) is 6.68. The van der Waals surface area contributed by atoms with Crippen LogP contribution in [0.1, 0.15) is 12.8 Å². The molecule has 0 bridgehead atoms. The van der Waals surface area contributed by atoms with Gasteiger partial charge in [0.25, 0.3) is 0 Å². The molecular formula is C19H24N4O2. The molecule has 25 heavy (non-hydrogen) atoms. The number of nitrogens with one attached hydrogen (secondary N) is 1. The molecule has 6 heteroatoms. The van der Waals surface area contributed by atoms with Gasteiger partial charge in [0, 0.05) is 25.3 Å². The summed E-state index contributed by atoms with van der Waals surface area (Å²) in [4.78, 5) is 6.58. The number of pyridine rings is 1. The highest BCUT2D eigenvalue weighted by Crippen LogP contribution is 2.31. The number of nitrogens with zero attached hydrogens (tertiary/aromatic N) is 2. The summed E-state index contributed by atoms with van der Waals surface area (Å²) in [6, 6.07) is 12.1. The minimum Gasteiger partial charge on any atom is -0.486 e. The number of fused-ring (bicyclic) bond motifs is 1. The number of benzene rings is 1. The van der Waals surface area contributed by atoms with E-state index in [0.717, 1.165) is 49.7 Å². The first-order valence-electron chi connectivity index (χ1n) is 8.86. The Balaban J connectivity index is 1.34. The van der Waals surface area contributed by atoms with Crippen LogP contribution in [0.2, 0.25) is 0 Å². The van der Waals surface area contributed by atoms with Crippen LogP contribution in [-0.2, 0) is 0 Å². The third kappa shape index (κ3) is 3.79. The lowest BCUT2D eigenvalue weighted by molar-refractivity contribution is 0.0518. The highest BCUT2D eigenvalue weighted by atomic mass is 16.6. The molecule has 2 aliphatic heterocycles. The van der Waals surface area contributed by atoms with Crippen molar-refractivity contribution in [1.29, 1.82) is 0 Å². The van der Waals surface area contributed by atoms with Gasteiger partial charge in [0.1, 0.15) is 18.5 Å². The molecule has 0 unspecified atom stereocenters. The molecule has 0 radical (unpaired) electrons. The second-order valence-electron chi connectivity index (χ2n) is 6.68. The zero-order chi connectivity index (χ0) is 17.1. The van der Waals surface area contributed by atoms with Crippen molar-refractivity contribution < 1.29 is 9.47 Å². The Morgan fingerprint density at radius 2 is 2.08 bits per heavy atom. The minimum absolute atomic E-state index is 0.0668. The largest absolute Gasteiger partial charge is 0.486 e. The van der Waals surface area contributed by atoms with Gasteiger partial charge in [-0.15, -0.1) is 0 Å². The van der Waals surface area contributed by atoms with Gasteiger partial charge in [-0.2, -0.15) is 0 Å². The molecule has 1 fully saturated rings. The Hall–Kier alpha value is -2.47. The summed E-state index contributed by atoms with van der Waals surface area (Å²) in [6.45, 7) is 3.52. The predicted molar refractivity (Wildman–Crippen MR) is 98.1 cm³/mol. The molecule has 0 saturated carbocycles. The van der Waals surface area contributed by atoms with Gasteiger partial charge in [0.15, 0.2) is 11.5 Å².